The van der Waals surface area contributed by atoms with Gasteiger partial charge in [0.25, 0.3) is 0 Å². The van der Waals surface area contributed by atoms with Crippen LogP contribution < -0.4 is 5.32 Å². The third-order valence-electron chi connectivity index (χ3n) is 9.22. The number of nitrogens with zero attached hydrogens (tertiary/aromatic N) is 1. The molecule has 0 aromatic carbocycles. The molecule has 6 atom stereocenters. The second kappa shape index (κ2) is 6.78. The van der Waals surface area contributed by atoms with Gasteiger partial charge in [0, 0.05) is 60.7 Å². The van der Waals surface area contributed by atoms with Crippen molar-refractivity contribution in [3.05, 3.63) is 11.8 Å². The fourth-order valence-electron chi connectivity index (χ4n) is 7.55. The summed E-state index contributed by atoms with van der Waals surface area (Å²) in [6.45, 7) is 7.69. The van der Waals surface area contributed by atoms with Crippen LogP contribution in [0, 0.1) is 34.5 Å². The largest absolute Gasteiger partial charge is 0.387 e. The normalized spacial score (nSPS) is 45.4. The van der Waals surface area contributed by atoms with Crippen molar-refractivity contribution in [1.29, 1.82) is 0 Å². The number of thioether (sulfide) groups is 1. The summed E-state index contributed by atoms with van der Waals surface area (Å²) in [4.78, 5) is 27.5. The van der Waals surface area contributed by atoms with Crippen molar-refractivity contribution in [2.75, 3.05) is 31.1 Å². The summed E-state index contributed by atoms with van der Waals surface area (Å²) in [6.07, 6.45) is 8.24. The van der Waals surface area contributed by atoms with Crippen molar-refractivity contribution in [2.45, 2.75) is 52.4 Å². The zero-order valence-electron chi connectivity index (χ0n) is 17.3. The maximum atomic E-state index is 13.4. The molecule has 2 heterocycles. The third kappa shape index (κ3) is 2.71. The van der Waals surface area contributed by atoms with Gasteiger partial charge in [-0.2, -0.15) is 11.8 Å². The molecule has 0 bridgehead atoms. The Morgan fingerprint density at radius 1 is 1.14 bits per heavy atom. The van der Waals surface area contributed by atoms with Crippen molar-refractivity contribution in [3.63, 3.8) is 0 Å². The van der Waals surface area contributed by atoms with Gasteiger partial charge in [-0.3, -0.25) is 9.59 Å². The Balaban J connectivity index is 1.39. The van der Waals surface area contributed by atoms with E-state index in [4.69, 9.17) is 0 Å². The Bertz CT molecular complexity index is 715. The van der Waals surface area contributed by atoms with Crippen LogP contribution in [0.2, 0.25) is 0 Å². The van der Waals surface area contributed by atoms with Crippen LogP contribution in [0.5, 0.6) is 0 Å². The van der Waals surface area contributed by atoms with Crippen LogP contribution in [-0.2, 0) is 9.59 Å². The molecule has 3 aliphatic carbocycles. The van der Waals surface area contributed by atoms with Crippen LogP contribution in [0.4, 0.5) is 0 Å². The summed E-state index contributed by atoms with van der Waals surface area (Å²) in [6, 6.07) is 0. The molecule has 0 aromatic heterocycles. The maximum Gasteiger partial charge on any atom is 0.226 e. The first-order valence-corrected chi connectivity index (χ1v) is 12.4. The number of amides is 1. The van der Waals surface area contributed by atoms with Gasteiger partial charge in [-0.05, 0) is 55.3 Å². The first kappa shape index (κ1) is 19.0. The number of hydrogen-bond acceptors (Lipinski definition) is 4. The van der Waals surface area contributed by atoms with Crippen molar-refractivity contribution < 1.29 is 9.59 Å². The summed E-state index contributed by atoms with van der Waals surface area (Å²) >= 11 is 1.97. The highest BCUT2D eigenvalue weighted by Gasteiger charge is 2.60. The van der Waals surface area contributed by atoms with E-state index in [1.165, 1.54) is 25.0 Å². The Labute approximate surface area is 173 Å². The van der Waals surface area contributed by atoms with Crippen LogP contribution in [0.25, 0.3) is 0 Å². The van der Waals surface area contributed by atoms with E-state index in [1.807, 2.05) is 17.8 Å². The van der Waals surface area contributed by atoms with Gasteiger partial charge in [-0.15, -0.1) is 0 Å². The zero-order chi connectivity index (χ0) is 19.5. The van der Waals surface area contributed by atoms with E-state index < -0.39 is 0 Å². The number of piperidine rings is 1. The molecule has 2 saturated carbocycles. The second-order valence-corrected chi connectivity index (χ2v) is 11.5. The number of carbonyl (C=O) groups excluding carboxylic acids is 2. The maximum absolute atomic E-state index is 13.4. The number of allylic oxidation sites excluding steroid dienone is 2. The van der Waals surface area contributed by atoms with E-state index in [1.54, 1.807) is 0 Å². The molecule has 28 heavy (non-hydrogen) atoms. The molecule has 2 aliphatic heterocycles. The lowest BCUT2D eigenvalue weighted by Crippen LogP contribution is -2.57. The average molecular weight is 403 g/mol. The topological polar surface area (TPSA) is 49.4 Å². The SMILES string of the molecule is C[C@]12CC[C@H]3[C@@H](CNC4=CC(=O)CC[C@@]43C)[C@@H]1CC[C@@H]2C(=O)N1CCSCC1. The van der Waals surface area contributed by atoms with Crippen molar-refractivity contribution in [3.8, 4) is 0 Å². The molecule has 1 N–H and O–H groups in total. The van der Waals surface area contributed by atoms with E-state index >= 15 is 0 Å². The predicted octanol–water partition coefficient (Wildman–Crippen LogP) is 3.48. The second-order valence-electron chi connectivity index (χ2n) is 10.3. The van der Waals surface area contributed by atoms with Gasteiger partial charge in [0.2, 0.25) is 5.91 Å². The summed E-state index contributed by atoms with van der Waals surface area (Å²) in [7, 11) is 0. The molecule has 5 rings (SSSR count). The minimum Gasteiger partial charge on any atom is -0.387 e. The lowest BCUT2D eigenvalue weighted by Gasteiger charge is -2.58. The standard InChI is InChI=1S/C23H34N2O2S/c1-22-8-6-18-16(14-24-20-13-15(26)5-7-23(18,20)2)17(22)3-4-19(22)21(27)25-9-11-28-12-10-25/h13,16-19,24H,3-12,14H2,1-2H3/t16-,17-,18-,19+,22-,23+/m0/s1. The fraction of sp³-hybridized carbons (Fsp3) is 0.826. The molecule has 5 aliphatic rings. The number of rotatable bonds is 1. The molecule has 154 valence electrons. The molecule has 2 saturated heterocycles. The van der Waals surface area contributed by atoms with Crippen molar-refractivity contribution >= 4 is 23.5 Å². The van der Waals surface area contributed by atoms with E-state index in [0.717, 1.165) is 44.0 Å². The fourth-order valence-corrected chi connectivity index (χ4v) is 8.46. The van der Waals surface area contributed by atoms with Crippen molar-refractivity contribution in [2.24, 2.45) is 34.5 Å². The molecule has 0 radical (unpaired) electrons. The first-order valence-electron chi connectivity index (χ1n) is 11.3. The third-order valence-corrected chi connectivity index (χ3v) is 10.2. The highest BCUT2D eigenvalue weighted by atomic mass is 32.2. The Morgan fingerprint density at radius 3 is 2.71 bits per heavy atom. The Kier molecular flexibility index (Phi) is 4.61. The number of fused-ring (bicyclic) bond motifs is 5. The minimum atomic E-state index is 0.129. The molecule has 0 spiro atoms. The van der Waals surface area contributed by atoms with Crippen LogP contribution in [0.1, 0.15) is 52.4 Å². The van der Waals surface area contributed by atoms with E-state index in [-0.39, 0.29) is 22.5 Å². The van der Waals surface area contributed by atoms with E-state index in [0.29, 0.717) is 30.1 Å². The average Bonchev–Trinajstić information content (AvgIpc) is 3.06. The van der Waals surface area contributed by atoms with Gasteiger partial charge in [-0.1, -0.05) is 13.8 Å². The lowest BCUT2D eigenvalue weighted by molar-refractivity contribution is -0.142. The molecular weight excluding hydrogens is 368 g/mol. The number of nitrogens with one attached hydrogen (secondary N) is 1. The summed E-state index contributed by atoms with van der Waals surface area (Å²) in [5.41, 5.74) is 1.49. The van der Waals surface area contributed by atoms with Gasteiger partial charge in [0.05, 0.1) is 0 Å². The van der Waals surface area contributed by atoms with Gasteiger partial charge in [0.15, 0.2) is 5.78 Å². The highest BCUT2D eigenvalue weighted by molar-refractivity contribution is 7.99. The Hall–Kier alpha value is -0.970. The van der Waals surface area contributed by atoms with Gasteiger partial charge < -0.3 is 10.2 Å². The number of ketones is 1. The quantitative estimate of drug-likeness (QED) is 0.730. The van der Waals surface area contributed by atoms with Gasteiger partial charge in [-0.25, -0.2) is 0 Å². The van der Waals surface area contributed by atoms with Crippen LogP contribution in [-0.4, -0.2) is 47.7 Å². The van der Waals surface area contributed by atoms with E-state index in [2.05, 4.69) is 24.1 Å². The van der Waals surface area contributed by atoms with Crippen LogP contribution in [0.3, 0.4) is 0 Å². The van der Waals surface area contributed by atoms with Gasteiger partial charge in [0.1, 0.15) is 0 Å². The lowest BCUT2D eigenvalue weighted by atomic mass is 9.50. The minimum absolute atomic E-state index is 0.129. The van der Waals surface area contributed by atoms with E-state index in [9.17, 15) is 9.59 Å². The molecule has 0 unspecified atom stereocenters. The molecule has 0 aromatic rings. The van der Waals surface area contributed by atoms with Crippen LogP contribution >= 0.6 is 11.8 Å². The molecular formula is C23H34N2O2S. The zero-order valence-corrected chi connectivity index (χ0v) is 18.2. The Morgan fingerprint density at radius 2 is 1.93 bits per heavy atom. The molecule has 4 nitrogen and oxygen atoms in total. The summed E-state index contributed by atoms with van der Waals surface area (Å²) in [5.74, 6) is 5.09. The molecule has 5 heteroatoms. The molecule has 4 fully saturated rings. The predicted molar refractivity (Wildman–Crippen MR) is 113 cm³/mol. The smallest absolute Gasteiger partial charge is 0.226 e. The highest BCUT2D eigenvalue weighted by Crippen LogP contribution is 2.64. The molecule has 1 amide bonds. The number of carbonyl (C=O) groups is 2. The van der Waals surface area contributed by atoms with Gasteiger partial charge >= 0.3 is 0 Å². The van der Waals surface area contributed by atoms with Crippen molar-refractivity contribution in [1.82, 2.24) is 10.2 Å². The summed E-state index contributed by atoms with van der Waals surface area (Å²) in [5, 5.41) is 3.67. The monoisotopic (exact) mass is 402 g/mol. The summed E-state index contributed by atoms with van der Waals surface area (Å²) < 4.78 is 0. The van der Waals surface area contributed by atoms with Crippen LogP contribution in [0.15, 0.2) is 11.8 Å². The first-order chi connectivity index (χ1) is 13.4. The number of hydrogen-bond donors (Lipinski definition) is 1.